The zero-order chi connectivity index (χ0) is 11.1. The van der Waals surface area contributed by atoms with E-state index < -0.39 is 0 Å². The normalized spacial score (nSPS) is 10.5. The molecule has 0 unspecified atom stereocenters. The predicted octanol–water partition coefficient (Wildman–Crippen LogP) is 2.94. The summed E-state index contributed by atoms with van der Waals surface area (Å²) in [6.07, 6.45) is 3.62. The van der Waals surface area contributed by atoms with Crippen LogP contribution in [0.5, 0.6) is 0 Å². The second-order valence-electron chi connectivity index (χ2n) is 3.43. The number of thiophene rings is 1. The molecule has 0 spiro atoms. The molecule has 15 heavy (non-hydrogen) atoms. The van der Waals surface area contributed by atoms with E-state index in [2.05, 4.69) is 12.2 Å². The van der Waals surface area contributed by atoms with Crippen LogP contribution in [0.3, 0.4) is 0 Å². The van der Waals surface area contributed by atoms with E-state index >= 15 is 0 Å². The van der Waals surface area contributed by atoms with Crippen LogP contribution in [0.15, 0.2) is 11.4 Å². The van der Waals surface area contributed by atoms with Crippen LogP contribution in [0, 0.1) is 10.1 Å². The second-order valence-corrected chi connectivity index (χ2v) is 4.32. The van der Waals surface area contributed by atoms with Crippen LogP contribution < -0.4 is 5.32 Å². The van der Waals surface area contributed by atoms with Crippen LogP contribution in [0.1, 0.15) is 31.7 Å². The van der Waals surface area contributed by atoms with E-state index in [1.807, 2.05) is 5.38 Å². The summed E-state index contributed by atoms with van der Waals surface area (Å²) in [6, 6.07) is 1.64. The smallest absolute Gasteiger partial charge is 0.313 e. The first-order chi connectivity index (χ1) is 7.24. The van der Waals surface area contributed by atoms with Gasteiger partial charge in [0.05, 0.1) is 4.92 Å². The Morgan fingerprint density at radius 1 is 1.53 bits per heavy atom. The van der Waals surface area contributed by atoms with Crippen molar-refractivity contribution in [3.05, 3.63) is 27.1 Å². The van der Waals surface area contributed by atoms with Crippen LogP contribution in [0.25, 0.3) is 0 Å². The monoisotopic (exact) mass is 228 g/mol. The van der Waals surface area contributed by atoms with Gasteiger partial charge in [-0.2, -0.15) is 0 Å². The number of unbranched alkanes of at least 4 members (excludes halogenated alkanes) is 2. The first-order valence-electron chi connectivity index (χ1n) is 5.16. The molecule has 0 saturated carbocycles. The maximum absolute atomic E-state index is 10.4. The summed E-state index contributed by atoms with van der Waals surface area (Å²) in [4.78, 5) is 10.1. The Balaban J connectivity index is 2.23. The van der Waals surface area contributed by atoms with Gasteiger partial charge in [0.1, 0.15) is 0 Å². The van der Waals surface area contributed by atoms with Gasteiger partial charge < -0.3 is 5.32 Å². The zero-order valence-electron chi connectivity index (χ0n) is 8.86. The van der Waals surface area contributed by atoms with Gasteiger partial charge in [0, 0.05) is 18.0 Å². The SMILES string of the molecule is CCCCCNCc1csc([N+](=O)[O-])c1. The number of nitrogens with one attached hydrogen (secondary N) is 1. The van der Waals surface area contributed by atoms with Gasteiger partial charge in [0.2, 0.25) is 0 Å². The standard InChI is InChI=1S/C10H16N2O2S/c1-2-3-4-5-11-7-9-6-10(12(13)14)15-8-9/h6,8,11H,2-5,7H2,1H3. The van der Waals surface area contributed by atoms with Crippen LogP contribution in [0.2, 0.25) is 0 Å². The molecule has 0 fully saturated rings. The molecule has 0 radical (unpaired) electrons. The highest BCUT2D eigenvalue weighted by Gasteiger charge is 2.08. The lowest BCUT2D eigenvalue weighted by atomic mass is 10.2. The molecule has 0 saturated heterocycles. The van der Waals surface area contributed by atoms with Gasteiger partial charge in [0.25, 0.3) is 0 Å². The molecule has 1 aromatic rings. The van der Waals surface area contributed by atoms with Crippen molar-refractivity contribution in [3.8, 4) is 0 Å². The van der Waals surface area contributed by atoms with Crippen molar-refractivity contribution >= 4 is 16.3 Å². The van der Waals surface area contributed by atoms with E-state index in [-0.39, 0.29) is 9.92 Å². The summed E-state index contributed by atoms with van der Waals surface area (Å²) in [5.41, 5.74) is 1.00. The molecule has 0 aliphatic rings. The molecule has 0 atom stereocenters. The van der Waals surface area contributed by atoms with E-state index in [1.54, 1.807) is 6.07 Å². The van der Waals surface area contributed by atoms with Gasteiger partial charge in [-0.1, -0.05) is 31.1 Å². The summed E-state index contributed by atoms with van der Waals surface area (Å²) in [7, 11) is 0. The molecule has 0 aliphatic heterocycles. The van der Waals surface area contributed by atoms with Crippen molar-refractivity contribution in [2.75, 3.05) is 6.54 Å². The summed E-state index contributed by atoms with van der Waals surface area (Å²) in [6.45, 7) is 3.88. The molecule has 1 aromatic heterocycles. The Bertz CT molecular complexity index is 312. The van der Waals surface area contributed by atoms with Crippen LogP contribution in [-0.4, -0.2) is 11.5 Å². The van der Waals surface area contributed by atoms with Gasteiger partial charge in [-0.05, 0) is 18.5 Å². The van der Waals surface area contributed by atoms with Gasteiger partial charge in [-0.3, -0.25) is 10.1 Å². The Morgan fingerprint density at radius 2 is 2.33 bits per heavy atom. The summed E-state index contributed by atoms with van der Waals surface area (Å²) >= 11 is 1.19. The molecule has 4 nitrogen and oxygen atoms in total. The summed E-state index contributed by atoms with van der Waals surface area (Å²) < 4.78 is 0. The van der Waals surface area contributed by atoms with E-state index in [0.29, 0.717) is 0 Å². The fourth-order valence-corrected chi connectivity index (χ4v) is 2.01. The molecule has 5 heteroatoms. The van der Waals surface area contributed by atoms with Crippen molar-refractivity contribution < 1.29 is 4.92 Å². The number of nitro groups is 1. The topological polar surface area (TPSA) is 55.2 Å². The highest BCUT2D eigenvalue weighted by molar-refractivity contribution is 7.13. The van der Waals surface area contributed by atoms with E-state index in [9.17, 15) is 10.1 Å². The second kappa shape index (κ2) is 6.53. The minimum absolute atomic E-state index is 0.223. The lowest BCUT2D eigenvalue weighted by Crippen LogP contribution is -2.13. The van der Waals surface area contributed by atoms with Crippen molar-refractivity contribution in [2.45, 2.75) is 32.7 Å². The molecule has 1 heterocycles. The Labute approximate surface area is 93.5 Å². The average molecular weight is 228 g/mol. The number of rotatable bonds is 7. The van der Waals surface area contributed by atoms with Gasteiger partial charge in [-0.25, -0.2) is 0 Å². The number of hydrogen-bond acceptors (Lipinski definition) is 4. The van der Waals surface area contributed by atoms with Gasteiger partial charge in [-0.15, -0.1) is 0 Å². The molecule has 84 valence electrons. The maximum Gasteiger partial charge on any atom is 0.324 e. The van der Waals surface area contributed by atoms with E-state index in [4.69, 9.17) is 0 Å². The molecule has 0 bridgehead atoms. The predicted molar refractivity (Wildman–Crippen MR) is 62.2 cm³/mol. The van der Waals surface area contributed by atoms with Crippen molar-refractivity contribution in [1.82, 2.24) is 5.32 Å². The third kappa shape index (κ3) is 4.40. The first kappa shape index (κ1) is 12.1. The summed E-state index contributed by atoms with van der Waals surface area (Å²) in [5, 5.41) is 15.8. The fourth-order valence-electron chi connectivity index (χ4n) is 1.28. The molecule has 1 N–H and O–H groups in total. The molecular weight excluding hydrogens is 212 g/mol. The minimum atomic E-state index is -0.342. The number of nitrogens with zero attached hydrogens (tertiary/aromatic N) is 1. The lowest BCUT2D eigenvalue weighted by molar-refractivity contribution is -0.380. The largest absolute Gasteiger partial charge is 0.324 e. The molecule has 0 aromatic carbocycles. The van der Waals surface area contributed by atoms with E-state index in [1.165, 1.54) is 30.6 Å². The Morgan fingerprint density at radius 3 is 2.93 bits per heavy atom. The summed E-state index contributed by atoms with van der Waals surface area (Å²) in [5.74, 6) is 0. The van der Waals surface area contributed by atoms with Gasteiger partial charge >= 0.3 is 5.00 Å². The van der Waals surface area contributed by atoms with Gasteiger partial charge in [0.15, 0.2) is 0 Å². The van der Waals surface area contributed by atoms with Crippen molar-refractivity contribution in [3.63, 3.8) is 0 Å². The maximum atomic E-state index is 10.4. The lowest BCUT2D eigenvalue weighted by Gasteiger charge is -2.01. The van der Waals surface area contributed by atoms with Crippen LogP contribution in [0.4, 0.5) is 5.00 Å². The highest BCUT2D eigenvalue weighted by Crippen LogP contribution is 2.22. The molecule has 0 aliphatic carbocycles. The molecular formula is C10H16N2O2S. The fraction of sp³-hybridized carbons (Fsp3) is 0.600. The highest BCUT2D eigenvalue weighted by atomic mass is 32.1. The Kier molecular flexibility index (Phi) is 5.28. The Hall–Kier alpha value is -0.940. The van der Waals surface area contributed by atoms with E-state index in [0.717, 1.165) is 18.7 Å². The van der Waals surface area contributed by atoms with Crippen molar-refractivity contribution in [1.29, 1.82) is 0 Å². The first-order valence-corrected chi connectivity index (χ1v) is 6.04. The minimum Gasteiger partial charge on any atom is -0.313 e. The van der Waals surface area contributed by atoms with Crippen LogP contribution >= 0.6 is 11.3 Å². The average Bonchev–Trinajstić information content (AvgIpc) is 2.66. The molecule has 0 amide bonds. The third-order valence-electron chi connectivity index (χ3n) is 2.11. The van der Waals surface area contributed by atoms with Crippen molar-refractivity contribution in [2.24, 2.45) is 0 Å². The zero-order valence-corrected chi connectivity index (χ0v) is 9.68. The number of hydrogen-bond donors (Lipinski definition) is 1. The molecule has 1 rings (SSSR count). The van der Waals surface area contributed by atoms with Crippen LogP contribution in [-0.2, 0) is 6.54 Å². The quantitative estimate of drug-likeness (QED) is 0.443. The third-order valence-corrected chi connectivity index (χ3v) is 3.04.